The van der Waals surface area contributed by atoms with E-state index in [0.717, 1.165) is 25.2 Å². The maximum absolute atomic E-state index is 12.8. The van der Waals surface area contributed by atoms with Crippen LogP contribution in [0.3, 0.4) is 0 Å². The van der Waals surface area contributed by atoms with E-state index in [2.05, 4.69) is 25.7 Å². The van der Waals surface area contributed by atoms with Crippen LogP contribution in [-0.4, -0.2) is 57.1 Å². The average molecular weight is 366 g/mol. The van der Waals surface area contributed by atoms with Crippen LogP contribution in [0.15, 0.2) is 36.5 Å². The van der Waals surface area contributed by atoms with Crippen LogP contribution >= 0.6 is 0 Å². The zero-order valence-electron chi connectivity index (χ0n) is 15.3. The van der Waals surface area contributed by atoms with Gasteiger partial charge in [-0.15, -0.1) is 5.10 Å². The average Bonchev–Trinajstić information content (AvgIpc) is 3.34. The van der Waals surface area contributed by atoms with E-state index >= 15 is 0 Å². The number of benzene rings is 1. The first-order chi connectivity index (χ1) is 13.2. The van der Waals surface area contributed by atoms with E-state index in [0.29, 0.717) is 29.3 Å². The Morgan fingerprint density at radius 2 is 2.11 bits per heavy atom. The van der Waals surface area contributed by atoms with Crippen molar-refractivity contribution in [3.8, 4) is 5.75 Å². The predicted molar refractivity (Wildman–Crippen MR) is 101 cm³/mol. The fourth-order valence-electron chi connectivity index (χ4n) is 3.29. The van der Waals surface area contributed by atoms with Gasteiger partial charge in [0.2, 0.25) is 0 Å². The topological polar surface area (TPSA) is 84.7 Å². The number of tetrazole rings is 1. The third kappa shape index (κ3) is 3.90. The minimum atomic E-state index is -0.273. The molecule has 140 valence electrons. The number of aromatic nitrogens is 4. The quantitative estimate of drug-likeness (QED) is 0.720. The molecule has 1 aliphatic rings. The van der Waals surface area contributed by atoms with E-state index in [9.17, 15) is 4.79 Å². The molecular weight excluding hydrogens is 344 g/mol. The standard InChI is InChI=1S/C19H22N6O2/c1-14-6-7-17(27-12-11-24-8-2-3-9-24)16(13-14)20-19(26)15-5-4-10-25-18(15)21-22-23-25/h4-7,10,13H,2-3,8-9,11-12H2,1H3,(H,20,26). The van der Waals surface area contributed by atoms with E-state index in [4.69, 9.17) is 4.74 Å². The Morgan fingerprint density at radius 3 is 2.96 bits per heavy atom. The van der Waals surface area contributed by atoms with E-state index in [1.54, 1.807) is 18.3 Å². The van der Waals surface area contributed by atoms with Crippen LogP contribution in [0.5, 0.6) is 5.75 Å². The number of fused-ring (bicyclic) bond motifs is 1. The SMILES string of the molecule is Cc1ccc(OCCN2CCCC2)c(NC(=O)c2cccn3nnnc23)c1. The smallest absolute Gasteiger partial charge is 0.259 e. The number of pyridine rings is 1. The van der Waals surface area contributed by atoms with E-state index in [1.807, 2.05) is 25.1 Å². The zero-order chi connectivity index (χ0) is 18.6. The van der Waals surface area contributed by atoms with E-state index < -0.39 is 0 Å². The Bertz CT molecular complexity index is 948. The summed E-state index contributed by atoms with van der Waals surface area (Å²) in [6.45, 7) is 5.74. The van der Waals surface area contributed by atoms with Crippen molar-refractivity contribution in [3.05, 3.63) is 47.7 Å². The summed E-state index contributed by atoms with van der Waals surface area (Å²) >= 11 is 0. The highest BCUT2D eigenvalue weighted by Crippen LogP contribution is 2.26. The lowest BCUT2D eigenvalue weighted by Crippen LogP contribution is -2.25. The molecule has 0 unspecified atom stereocenters. The molecule has 1 aliphatic heterocycles. The molecule has 1 amide bonds. The lowest BCUT2D eigenvalue weighted by Gasteiger charge is -2.17. The number of nitrogens with zero attached hydrogens (tertiary/aromatic N) is 5. The number of anilines is 1. The first kappa shape index (κ1) is 17.4. The third-order valence-corrected chi connectivity index (χ3v) is 4.72. The number of aryl methyl sites for hydroxylation is 1. The lowest BCUT2D eigenvalue weighted by molar-refractivity contribution is 0.102. The summed E-state index contributed by atoms with van der Waals surface area (Å²) in [6, 6.07) is 9.22. The maximum Gasteiger partial charge on any atom is 0.259 e. The summed E-state index contributed by atoms with van der Waals surface area (Å²) in [5.74, 6) is 0.394. The number of amides is 1. The molecule has 8 heteroatoms. The minimum absolute atomic E-state index is 0.273. The molecule has 1 fully saturated rings. The van der Waals surface area contributed by atoms with Gasteiger partial charge in [-0.25, -0.2) is 0 Å². The van der Waals surface area contributed by atoms with Crippen LogP contribution in [0.2, 0.25) is 0 Å². The van der Waals surface area contributed by atoms with Crippen molar-refractivity contribution in [1.82, 2.24) is 24.9 Å². The fraction of sp³-hybridized carbons (Fsp3) is 0.368. The maximum atomic E-state index is 12.8. The molecule has 1 saturated heterocycles. The molecule has 1 N–H and O–H groups in total. The molecule has 0 spiro atoms. The fourth-order valence-corrected chi connectivity index (χ4v) is 3.29. The summed E-state index contributed by atoms with van der Waals surface area (Å²) in [5, 5.41) is 14.3. The first-order valence-corrected chi connectivity index (χ1v) is 9.14. The lowest BCUT2D eigenvalue weighted by atomic mass is 10.2. The number of nitrogens with one attached hydrogen (secondary N) is 1. The van der Waals surface area contributed by atoms with Crippen LogP contribution in [0, 0.1) is 6.92 Å². The molecule has 2 aromatic heterocycles. The molecule has 0 bridgehead atoms. The Kier molecular flexibility index (Phi) is 4.97. The molecule has 4 rings (SSSR count). The monoisotopic (exact) mass is 366 g/mol. The van der Waals surface area contributed by atoms with E-state index in [-0.39, 0.29) is 5.91 Å². The van der Waals surface area contributed by atoms with Gasteiger partial charge in [0.15, 0.2) is 5.65 Å². The second-order valence-corrected chi connectivity index (χ2v) is 6.72. The first-order valence-electron chi connectivity index (χ1n) is 9.14. The van der Waals surface area contributed by atoms with Crippen molar-refractivity contribution >= 4 is 17.2 Å². The molecule has 27 heavy (non-hydrogen) atoms. The minimum Gasteiger partial charge on any atom is -0.490 e. The Labute approximate surface area is 157 Å². The third-order valence-electron chi connectivity index (χ3n) is 4.72. The zero-order valence-corrected chi connectivity index (χ0v) is 15.3. The Balaban J connectivity index is 1.49. The highest BCUT2D eigenvalue weighted by molar-refractivity contribution is 6.08. The number of carbonyl (C=O) groups excluding carboxylic acids is 1. The van der Waals surface area contributed by atoms with Gasteiger partial charge in [-0.1, -0.05) is 6.07 Å². The van der Waals surface area contributed by atoms with Gasteiger partial charge in [-0.2, -0.15) is 4.52 Å². The van der Waals surface area contributed by atoms with Gasteiger partial charge in [-0.3, -0.25) is 9.69 Å². The number of carbonyl (C=O) groups is 1. The highest BCUT2D eigenvalue weighted by Gasteiger charge is 2.16. The van der Waals surface area contributed by atoms with Gasteiger partial charge in [0.05, 0.1) is 11.3 Å². The van der Waals surface area contributed by atoms with Gasteiger partial charge in [0, 0.05) is 12.7 Å². The summed E-state index contributed by atoms with van der Waals surface area (Å²) in [7, 11) is 0. The van der Waals surface area contributed by atoms with Crippen LogP contribution in [0.4, 0.5) is 5.69 Å². The van der Waals surface area contributed by atoms with Crippen molar-refractivity contribution in [3.63, 3.8) is 0 Å². The van der Waals surface area contributed by atoms with Crippen molar-refractivity contribution in [1.29, 1.82) is 0 Å². The number of likely N-dealkylation sites (tertiary alicyclic amines) is 1. The predicted octanol–water partition coefficient (Wildman–Crippen LogP) is 2.16. The molecule has 0 atom stereocenters. The Morgan fingerprint density at radius 1 is 1.26 bits per heavy atom. The van der Waals surface area contributed by atoms with Gasteiger partial charge in [-0.05, 0) is 73.1 Å². The van der Waals surface area contributed by atoms with E-state index in [1.165, 1.54) is 17.4 Å². The van der Waals surface area contributed by atoms with Gasteiger partial charge < -0.3 is 10.1 Å². The summed E-state index contributed by atoms with van der Waals surface area (Å²) in [4.78, 5) is 15.2. The number of rotatable bonds is 6. The molecular formula is C19H22N6O2. The highest BCUT2D eigenvalue weighted by atomic mass is 16.5. The number of hydrogen-bond acceptors (Lipinski definition) is 6. The molecule has 8 nitrogen and oxygen atoms in total. The van der Waals surface area contributed by atoms with Gasteiger partial charge >= 0.3 is 0 Å². The van der Waals surface area contributed by atoms with Crippen LogP contribution in [0.1, 0.15) is 28.8 Å². The summed E-state index contributed by atoms with van der Waals surface area (Å²) in [5.41, 5.74) is 2.52. The van der Waals surface area contributed by atoms with Crippen LogP contribution in [0.25, 0.3) is 5.65 Å². The molecule has 1 aromatic carbocycles. The molecule has 0 saturated carbocycles. The van der Waals surface area contributed by atoms with Crippen LogP contribution in [-0.2, 0) is 0 Å². The molecule has 3 heterocycles. The number of hydrogen-bond donors (Lipinski definition) is 1. The summed E-state index contributed by atoms with van der Waals surface area (Å²) < 4.78 is 7.43. The summed E-state index contributed by atoms with van der Waals surface area (Å²) in [6.07, 6.45) is 4.22. The van der Waals surface area contributed by atoms with Gasteiger partial charge in [0.1, 0.15) is 12.4 Å². The second-order valence-electron chi connectivity index (χ2n) is 6.72. The van der Waals surface area contributed by atoms with Crippen molar-refractivity contribution in [2.45, 2.75) is 19.8 Å². The normalized spacial score (nSPS) is 14.6. The largest absolute Gasteiger partial charge is 0.490 e. The molecule has 0 aliphatic carbocycles. The van der Waals surface area contributed by atoms with Crippen molar-refractivity contribution in [2.75, 3.05) is 31.6 Å². The van der Waals surface area contributed by atoms with Crippen LogP contribution < -0.4 is 10.1 Å². The molecule has 0 radical (unpaired) electrons. The second kappa shape index (κ2) is 7.71. The van der Waals surface area contributed by atoms with Gasteiger partial charge in [0.25, 0.3) is 5.91 Å². The molecule has 3 aromatic rings. The van der Waals surface area contributed by atoms with Crippen molar-refractivity contribution in [2.24, 2.45) is 0 Å². The van der Waals surface area contributed by atoms with Crippen molar-refractivity contribution < 1.29 is 9.53 Å². The number of ether oxygens (including phenoxy) is 1. The Hall–Kier alpha value is -3.00.